The number of rotatable bonds is 7. The Bertz CT molecular complexity index is 885. The van der Waals surface area contributed by atoms with Crippen molar-refractivity contribution in [2.24, 2.45) is 0 Å². The quantitative estimate of drug-likeness (QED) is 0.395. The lowest BCUT2D eigenvalue weighted by Gasteiger charge is -2.13. The van der Waals surface area contributed by atoms with Gasteiger partial charge in [0, 0.05) is 5.56 Å². The van der Waals surface area contributed by atoms with Gasteiger partial charge in [0.25, 0.3) is 0 Å². The van der Waals surface area contributed by atoms with Crippen LogP contribution < -0.4 is 9.47 Å². The summed E-state index contributed by atoms with van der Waals surface area (Å²) in [6.45, 7) is 1.70. The molecule has 0 aliphatic rings. The van der Waals surface area contributed by atoms with Crippen LogP contribution in [0.1, 0.15) is 18.1 Å². The molecule has 0 spiro atoms. The molecule has 0 amide bonds. The molecular weight excluding hydrogens is 373 g/mol. The number of nitriles is 1. The van der Waals surface area contributed by atoms with Crippen LogP contribution in [0.4, 0.5) is 4.39 Å². The smallest absolute Gasteiger partial charge is 0.348 e. The number of methoxy groups -OCH3 is 1. The molecule has 0 saturated heterocycles. The first-order chi connectivity index (χ1) is 13.0. The first-order valence-corrected chi connectivity index (χ1v) is 8.40. The number of hydrogen-bond donors (Lipinski definition) is 0. The lowest BCUT2D eigenvalue weighted by molar-refractivity contribution is -0.137. The molecule has 0 aliphatic heterocycles. The Morgan fingerprint density at radius 3 is 2.70 bits per heavy atom. The van der Waals surface area contributed by atoms with E-state index < -0.39 is 11.8 Å². The van der Waals surface area contributed by atoms with Crippen molar-refractivity contribution in [3.63, 3.8) is 0 Å². The fraction of sp³-hybridized carbons (Fsp3) is 0.200. The van der Waals surface area contributed by atoms with Crippen molar-refractivity contribution in [1.29, 1.82) is 5.26 Å². The minimum Gasteiger partial charge on any atom is -0.493 e. The van der Waals surface area contributed by atoms with Crippen molar-refractivity contribution < 1.29 is 23.4 Å². The largest absolute Gasteiger partial charge is 0.493 e. The second-order valence-corrected chi connectivity index (χ2v) is 5.70. The van der Waals surface area contributed by atoms with Crippen LogP contribution in [-0.4, -0.2) is 19.7 Å². The molecule has 2 aromatic carbocycles. The van der Waals surface area contributed by atoms with Crippen LogP contribution in [0.5, 0.6) is 11.5 Å². The summed E-state index contributed by atoms with van der Waals surface area (Å²) in [6, 6.07) is 11.0. The van der Waals surface area contributed by atoms with E-state index in [-0.39, 0.29) is 29.4 Å². The molecule has 0 aromatic heterocycles. The Hall–Kier alpha value is -3.04. The topological polar surface area (TPSA) is 68.6 Å². The van der Waals surface area contributed by atoms with Gasteiger partial charge in [0.05, 0.1) is 18.7 Å². The first kappa shape index (κ1) is 20.3. The van der Waals surface area contributed by atoms with Gasteiger partial charge in [-0.3, -0.25) is 0 Å². The second-order valence-electron chi connectivity index (χ2n) is 5.29. The van der Waals surface area contributed by atoms with E-state index in [1.807, 2.05) is 0 Å². The van der Waals surface area contributed by atoms with Crippen LogP contribution in [0.3, 0.4) is 0 Å². The van der Waals surface area contributed by atoms with Gasteiger partial charge >= 0.3 is 5.97 Å². The van der Waals surface area contributed by atoms with E-state index in [0.29, 0.717) is 17.1 Å². The van der Waals surface area contributed by atoms with Crippen molar-refractivity contribution in [1.82, 2.24) is 0 Å². The number of carbonyl (C=O) groups is 1. The van der Waals surface area contributed by atoms with Gasteiger partial charge in [0.15, 0.2) is 11.5 Å². The van der Waals surface area contributed by atoms with Crippen molar-refractivity contribution in [2.45, 2.75) is 13.5 Å². The monoisotopic (exact) mass is 389 g/mol. The van der Waals surface area contributed by atoms with Gasteiger partial charge in [-0.1, -0.05) is 23.7 Å². The van der Waals surface area contributed by atoms with Gasteiger partial charge in [-0.15, -0.1) is 0 Å². The van der Waals surface area contributed by atoms with Crippen LogP contribution in [0.2, 0.25) is 5.02 Å². The molecule has 0 atom stereocenters. The second kappa shape index (κ2) is 9.60. The molecule has 0 heterocycles. The summed E-state index contributed by atoms with van der Waals surface area (Å²) in [4.78, 5) is 11.7. The number of benzene rings is 2. The summed E-state index contributed by atoms with van der Waals surface area (Å²) in [5.74, 6) is -0.469. The predicted molar refractivity (Wildman–Crippen MR) is 99.0 cm³/mol. The Kier molecular flexibility index (Phi) is 7.21. The molecule has 0 N–H and O–H groups in total. The Labute approximate surface area is 161 Å². The average Bonchev–Trinajstić information content (AvgIpc) is 2.66. The molecule has 0 aliphatic carbocycles. The zero-order chi connectivity index (χ0) is 19.8. The Morgan fingerprint density at radius 1 is 1.30 bits per heavy atom. The Morgan fingerprint density at radius 2 is 2.07 bits per heavy atom. The highest BCUT2D eigenvalue weighted by Crippen LogP contribution is 2.31. The number of hydrogen-bond acceptors (Lipinski definition) is 5. The first-order valence-electron chi connectivity index (χ1n) is 8.02. The summed E-state index contributed by atoms with van der Waals surface area (Å²) in [5, 5.41) is 9.39. The zero-order valence-corrected chi connectivity index (χ0v) is 15.5. The standard InChI is InChI=1S/C20H17ClFNO4/c1-3-26-20(24)14(11-23)9-13-7-8-18(25-2)19(10-13)27-12-15-16(21)5-4-6-17(15)22/h4-10H,3,12H2,1-2H3/b14-9-. The third-order valence-electron chi connectivity index (χ3n) is 3.55. The van der Waals surface area contributed by atoms with Crippen LogP contribution in [0, 0.1) is 17.1 Å². The molecule has 0 fully saturated rings. The molecule has 0 radical (unpaired) electrons. The van der Waals surface area contributed by atoms with Crippen LogP contribution >= 0.6 is 11.6 Å². The molecule has 140 valence electrons. The fourth-order valence-corrected chi connectivity index (χ4v) is 2.45. The average molecular weight is 390 g/mol. The summed E-state index contributed by atoms with van der Waals surface area (Å²) in [7, 11) is 1.47. The number of esters is 1. The third-order valence-corrected chi connectivity index (χ3v) is 3.90. The van der Waals surface area contributed by atoms with E-state index >= 15 is 0 Å². The molecule has 2 aromatic rings. The molecule has 27 heavy (non-hydrogen) atoms. The van der Waals surface area contributed by atoms with Crippen molar-refractivity contribution >= 4 is 23.6 Å². The van der Waals surface area contributed by atoms with Crippen molar-refractivity contribution in [3.8, 4) is 17.6 Å². The summed E-state index contributed by atoms with van der Waals surface area (Å²) in [5.41, 5.74) is 0.589. The number of ether oxygens (including phenoxy) is 3. The van der Waals surface area contributed by atoms with Crippen LogP contribution in [0.25, 0.3) is 6.08 Å². The van der Waals surface area contributed by atoms with Gasteiger partial charge in [0.1, 0.15) is 24.1 Å². The number of halogens is 2. The van der Waals surface area contributed by atoms with Crippen molar-refractivity contribution in [2.75, 3.05) is 13.7 Å². The van der Waals surface area contributed by atoms with Gasteiger partial charge in [-0.05, 0) is 42.8 Å². The van der Waals surface area contributed by atoms with Gasteiger partial charge < -0.3 is 14.2 Å². The SMILES string of the molecule is CCOC(=O)/C(C#N)=C\c1ccc(OC)c(OCc2c(F)cccc2Cl)c1. The van der Waals surface area contributed by atoms with Crippen LogP contribution in [-0.2, 0) is 16.1 Å². The number of carbonyl (C=O) groups excluding carboxylic acids is 1. The van der Waals surface area contributed by atoms with E-state index in [4.69, 9.17) is 31.1 Å². The fourth-order valence-electron chi connectivity index (χ4n) is 2.23. The highest BCUT2D eigenvalue weighted by molar-refractivity contribution is 6.31. The molecule has 2 rings (SSSR count). The van der Waals surface area contributed by atoms with Crippen LogP contribution in [0.15, 0.2) is 42.0 Å². The highest BCUT2D eigenvalue weighted by atomic mass is 35.5. The van der Waals surface area contributed by atoms with E-state index in [0.717, 1.165) is 0 Å². The van der Waals surface area contributed by atoms with E-state index in [9.17, 15) is 9.18 Å². The maximum absolute atomic E-state index is 13.9. The minimum atomic E-state index is -0.712. The number of nitrogens with zero attached hydrogens (tertiary/aromatic N) is 1. The lowest BCUT2D eigenvalue weighted by Crippen LogP contribution is -2.06. The summed E-state index contributed by atoms with van der Waals surface area (Å²) < 4.78 is 29.6. The van der Waals surface area contributed by atoms with Crippen molar-refractivity contribution in [3.05, 3.63) is 63.9 Å². The molecule has 7 heteroatoms. The summed E-state index contributed by atoms with van der Waals surface area (Å²) >= 11 is 6.00. The van der Waals surface area contributed by atoms with E-state index in [2.05, 4.69) is 0 Å². The summed E-state index contributed by atoms with van der Waals surface area (Å²) in [6.07, 6.45) is 1.38. The van der Waals surface area contributed by atoms with Gasteiger partial charge in [0.2, 0.25) is 0 Å². The zero-order valence-electron chi connectivity index (χ0n) is 14.8. The van der Waals surface area contributed by atoms with E-state index in [1.54, 1.807) is 37.3 Å². The minimum absolute atomic E-state index is 0.113. The molecule has 0 saturated carbocycles. The maximum atomic E-state index is 13.9. The Balaban J connectivity index is 2.30. The molecule has 0 unspecified atom stereocenters. The predicted octanol–water partition coefficient (Wildman–Crippen LogP) is 4.54. The highest BCUT2D eigenvalue weighted by Gasteiger charge is 2.13. The van der Waals surface area contributed by atoms with E-state index in [1.165, 1.54) is 25.3 Å². The van der Waals surface area contributed by atoms with Gasteiger partial charge in [-0.2, -0.15) is 5.26 Å². The molecule has 5 nitrogen and oxygen atoms in total. The normalized spacial score (nSPS) is 10.9. The third kappa shape index (κ3) is 5.22. The molecular formula is C20H17ClFNO4. The lowest BCUT2D eigenvalue weighted by atomic mass is 10.1. The molecule has 0 bridgehead atoms. The maximum Gasteiger partial charge on any atom is 0.348 e. The van der Waals surface area contributed by atoms with Gasteiger partial charge in [-0.25, -0.2) is 9.18 Å².